The first-order chi connectivity index (χ1) is 12.1. The van der Waals surface area contributed by atoms with E-state index in [-0.39, 0.29) is 31.3 Å². The van der Waals surface area contributed by atoms with Gasteiger partial charge in [0.1, 0.15) is 11.4 Å². The third-order valence-electron chi connectivity index (χ3n) is 4.50. The lowest BCUT2D eigenvalue weighted by Crippen LogP contribution is -2.56. The number of halogens is 1. The molecule has 25 heavy (non-hydrogen) atoms. The molecular weight excluding hydrogens is 325 g/mol. The second-order valence-electron chi connectivity index (χ2n) is 6.27. The number of aliphatic hydroxyl groups is 1. The fraction of sp³-hybridized carbons (Fsp3) is 0.444. The molecule has 1 aliphatic rings. The number of benzene rings is 1. The van der Waals surface area contributed by atoms with Crippen molar-refractivity contribution in [3.05, 3.63) is 53.6 Å². The highest BCUT2D eigenvalue weighted by Crippen LogP contribution is 2.25. The number of rotatable bonds is 5. The molecule has 1 fully saturated rings. The summed E-state index contributed by atoms with van der Waals surface area (Å²) in [5, 5.41) is 14.0. The maximum absolute atomic E-state index is 14.0. The van der Waals surface area contributed by atoms with Gasteiger partial charge in [0, 0.05) is 25.7 Å². The first-order valence-corrected chi connectivity index (χ1v) is 8.37. The van der Waals surface area contributed by atoms with E-state index in [0.717, 1.165) is 0 Å². The summed E-state index contributed by atoms with van der Waals surface area (Å²) in [5.74, 6) is -0.499. The zero-order valence-electron chi connectivity index (χ0n) is 14.2. The molecule has 1 atom stereocenters. The number of aryl methyl sites for hydroxylation is 1. The zero-order valence-corrected chi connectivity index (χ0v) is 14.2. The maximum Gasteiger partial charge on any atom is 0.257 e. The van der Waals surface area contributed by atoms with E-state index in [1.807, 2.05) is 6.92 Å². The highest BCUT2D eigenvalue weighted by atomic mass is 19.1. The van der Waals surface area contributed by atoms with Gasteiger partial charge in [0.25, 0.3) is 5.91 Å². The number of ether oxygens (including phenoxy) is 1. The van der Waals surface area contributed by atoms with Gasteiger partial charge in [0.2, 0.25) is 0 Å². The first kappa shape index (κ1) is 17.6. The highest BCUT2D eigenvalue weighted by molar-refractivity contribution is 5.93. The number of carbonyl (C=O) groups excluding carboxylic acids is 1. The minimum absolute atomic E-state index is 0.158. The van der Waals surface area contributed by atoms with Gasteiger partial charge in [0.05, 0.1) is 31.5 Å². The topological polar surface area (TPSA) is 67.6 Å². The Hall–Kier alpha value is -2.25. The fourth-order valence-electron chi connectivity index (χ4n) is 3.10. The molecule has 2 aromatic rings. The van der Waals surface area contributed by atoms with Crippen LogP contribution in [-0.2, 0) is 17.7 Å². The Labute approximate surface area is 145 Å². The van der Waals surface area contributed by atoms with Crippen LogP contribution in [0.2, 0.25) is 0 Å². The summed E-state index contributed by atoms with van der Waals surface area (Å²) in [7, 11) is 0. The number of aromatic nitrogens is 2. The lowest BCUT2D eigenvalue weighted by atomic mass is 9.92. The van der Waals surface area contributed by atoms with E-state index >= 15 is 0 Å². The Morgan fingerprint density at radius 2 is 2.24 bits per heavy atom. The molecule has 7 heteroatoms. The Bertz CT molecular complexity index is 749. The van der Waals surface area contributed by atoms with Gasteiger partial charge in [-0.15, -0.1) is 0 Å². The number of aliphatic hydroxyl groups excluding tert-OH is 1. The van der Waals surface area contributed by atoms with E-state index in [9.17, 15) is 14.3 Å². The molecule has 3 rings (SSSR count). The SMILES string of the molecule is CCn1cc(C(=O)N2CCO[C@@](CO)(Cc3ccccc3F)C2)cn1. The molecule has 0 aliphatic carbocycles. The summed E-state index contributed by atoms with van der Waals surface area (Å²) in [6, 6.07) is 6.41. The molecule has 0 unspecified atom stereocenters. The van der Waals surface area contributed by atoms with Crippen LogP contribution in [0.4, 0.5) is 4.39 Å². The molecule has 0 saturated carbocycles. The smallest absolute Gasteiger partial charge is 0.257 e. The molecule has 0 radical (unpaired) electrons. The molecule has 1 aromatic heterocycles. The predicted octanol–water partition coefficient (Wildman–Crippen LogP) is 1.49. The van der Waals surface area contributed by atoms with E-state index < -0.39 is 5.60 Å². The molecule has 1 saturated heterocycles. The molecule has 6 nitrogen and oxygen atoms in total. The van der Waals surface area contributed by atoms with E-state index in [4.69, 9.17) is 4.74 Å². The highest BCUT2D eigenvalue weighted by Gasteiger charge is 2.39. The van der Waals surface area contributed by atoms with E-state index in [1.165, 1.54) is 6.07 Å². The van der Waals surface area contributed by atoms with Gasteiger partial charge in [-0.3, -0.25) is 9.48 Å². The van der Waals surface area contributed by atoms with Crippen molar-refractivity contribution in [2.75, 3.05) is 26.3 Å². The number of hydrogen-bond acceptors (Lipinski definition) is 4. The minimum atomic E-state index is -1.00. The van der Waals surface area contributed by atoms with Crippen LogP contribution in [0.3, 0.4) is 0 Å². The van der Waals surface area contributed by atoms with Crippen molar-refractivity contribution in [2.45, 2.75) is 25.5 Å². The normalized spacial score (nSPS) is 20.7. The van der Waals surface area contributed by atoms with Crippen LogP contribution in [0.25, 0.3) is 0 Å². The zero-order chi connectivity index (χ0) is 17.9. The van der Waals surface area contributed by atoms with Gasteiger partial charge in [0.15, 0.2) is 0 Å². The summed E-state index contributed by atoms with van der Waals surface area (Å²) < 4.78 is 21.5. The number of amides is 1. The summed E-state index contributed by atoms with van der Waals surface area (Å²) in [5.41, 5.74) is -0.0391. The summed E-state index contributed by atoms with van der Waals surface area (Å²) in [4.78, 5) is 14.3. The average Bonchev–Trinajstić information content (AvgIpc) is 3.12. The largest absolute Gasteiger partial charge is 0.393 e. The van der Waals surface area contributed by atoms with Crippen molar-refractivity contribution in [1.29, 1.82) is 0 Å². The van der Waals surface area contributed by atoms with Crippen molar-refractivity contribution in [2.24, 2.45) is 0 Å². The molecule has 1 aromatic carbocycles. The van der Waals surface area contributed by atoms with E-state index in [0.29, 0.717) is 30.8 Å². The van der Waals surface area contributed by atoms with Crippen LogP contribution in [0.15, 0.2) is 36.7 Å². The predicted molar refractivity (Wildman–Crippen MR) is 89.7 cm³/mol. The van der Waals surface area contributed by atoms with Gasteiger partial charge >= 0.3 is 0 Å². The van der Waals surface area contributed by atoms with Gasteiger partial charge in [-0.25, -0.2) is 4.39 Å². The van der Waals surface area contributed by atoms with Crippen LogP contribution in [0, 0.1) is 5.82 Å². The Morgan fingerprint density at radius 3 is 2.92 bits per heavy atom. The maximum atomic E-state index is 14.0. The van der Waals surface area contributed by atoms with Crippen LogP contribution < -0.4 is 0 Å². The van der Waals surface area contributed by atoms with Crippen LogP contribution in [0.5, 0.6) is 0 Å². The van der Waals surface area contributed by atoms with E-state index in [1.54, 1.807) is 40.2 Å². The van der Waals surface area contributed by atoms with Crippen molar-refractivity contribution >= 4 is 5.91 Å². The molecular formula is C18H22FN3O3. The molecule has 0 spiro atoms. The third-order valence-corrected chi connectivity index (χ3v) is 4.50. The molecule has 2 heterocycles. The van der Waals surface area contributed by atoms with Crippen molar-refractivity contribution in [1.82, 2.24) is 14.7 Å². The van der Waals surface area contributed by atoms with Crippen LogP contribution in [0.1, 0.15) is 22.8 Å². The van der Waals surface area contributed by atoms with Crippen molar-refractivity contribution in [3.8, 4) is 0 Å². The lowest BCUT2D eigenvalue weighted by Gasteiger charge is -2.41. The number of hydrogen-bond donors (Lipinski definition) is 1. The Kier molecular flexibility index (Phi) is 5.15. The van der Waals surface area contributed by atoms with Crippen LogP contribution >= 0.6 is 0 Å². The molecule has 1 N–H and O–H groups in total. The summed E-state index contributed by atoms with van der Waals surface area (Å²) in [6.45, 7) is 3.26. The molecule has 134 valence electrons. The van der Waals surface area contributed by atoms with Gasteiger partial charge in [-0.2, -0.15) is 5.10 Å². The lowest BCUT2D eigenvalue weighted by molar-refractivity contribution is -0.123. The molecule has 1 aliphatic heterocycles. The van der Waals surface area contributed by atoms with Crippen molar-refractivity contribution < 1.29 is 19.0 Å². The summed E-state index contributed by atoms with van der Waals surface area (Å²) >= 11 is 0. The first-order valence-electron chi connectivity index (χ1n) is 8.37. The van der Waals surface area contributed by atoms with Gasteiger partial charge in [-0.1, -0.05) is 18.2 Å². The quantitative estimate of drug-likeness (QED) is 0.890. The number of carbonyl (C=O) groups is 1. The molecule has 1 amide bonds. The average molecular weight is 347 g/mol. The number of nitrogens with zero attached hydrogens (tertiary/aromatic N) is 3. The van der Waals surface area contributed by atoms with E-state index in [2.05, 4.69) is 5.10 Å². The van der Waals surface area contributed by atoms with Crippen LogP contribution in [-0.4, -0.2) is 57.6 Å². The van der Waals surface area contributed by atoms with Gasteiger partial charge < -0.3 is 14.7 Å². The Balaban J connectivity index is 1.78. The van der Waals surface area contributed by atoms with Crippen molar-refractivity contribution in [3.63, 3.8) is 0 Å². The summed E-state index contributed by atoms with van der Waals surface area (Å²) in [6.07, 6.45) is 3.45. The number of morpholine rings is 1. The molecule has 0 bridgehead atoms. The Morgan fingerprint density at radius 1 is 1.44 bits per heavy atom. The second kappa shape index (κ2) is 7.33. The minimum Gasteiger partial charge on any atom is -0.393 e. The third kappa shape index (κ3) is 3.72. The monoisotopic (exact) mass is 347 g/mol. The standard InChI is InChI=1S/C18H22FN3O3/c1-2-22-11-15(10-20-22)17(24)21-7-8-25-18(12-21,13-23)9-14-5-3-4-6-16(14)19/h3-6,10-11,23H,2,7-9,12-13H2,1H3/t18-/m0/s1. The second-order valence-corrected chi connectivity index (χ2v) is 6.27. The fourth-order valence-corrected chi connectivity index (χ4v) is 3.10. The van der Waals surface area contributed by atoms with Gasteiger partial charge in [-0.05, 0) is 18.6 Å².